The van der Waals surface area contributed by atoms with Crippen LogP contribution in [-0.4, -0.2) is 22.0 Å². The van der Waals surface area contributed by atoms with Crippen LogP contribution in [0.3, 0.4) is 0 Å². The van der Waals surface area contributed by atoms with E-state index in [-0.39, 0.29) is 5.91 Å². The van der Waals surface area contributed by atoms with Crippen LogP contribution < -0.4 is 11.1 Å². The molecule has 1 aromatic heterocycles. The minimum atomic E-state index is -0.552. The first-order valence-corrected chi connectivity index (χ1v) is 4.62. The average Bonchev–Trinajstić information content (AvgIpc) is 2.57. The van der Waals surface area contributed by atoms with E-state index in [1.165, 1.54) is 6.20 Å². The van der Waals surface area contributed by atoms with Crippen LogP contribution in [0.15, 0.2) is 6.20 Å². The molecule has 0 aliphatic rings. The summed E-state index contributed by atoms with van der Waals surface area (Å²) in [5.41, 5.74) is 4.90. The third-order valence-electron chi connectivity index (χ3n) is 1.72. The molecular formula is C7H12N4OS. The highest BCUT2D eigenvalue weighted by atomic mass is 32.1. The molecule has 6 heteroatoms. The summed E-state index contributed by atoms with van der Waals surface area (Å²) in [6.45, 7) is 3.89. The second-order valence-corrected chi connectivity index (χ2v) is 4.11. The number of amides is 1. The fraction of sp³-hybridized carbons (Fsp3) is 0.571. The highest BCUT2D eigenvalue weighted by Crippen LogP contribution is 2.17. The predicted octanol–water partition coefficient (Wildman–Crippen LogP) is 0.461. The summed E-state index contributed by atoms with van der Waals surface area (Å²) >= 11 is 1.14. The number of nitrogens with zero attached hydrogens (tertiary/aromatic N) is 2. The van der Waals surface area contributed by atoms with Crippen LogP contribution >= 0.6 is 11.5 Å². The first kappa shape index (κ1) is 10.1. The van der Waals surface area contributed by atoms with Gasteiger partial charge in [0, 0.05) is 18.1 Å². The largest absolute Gasteiger partial charge is 0.329 e. The number of aromatic nitrogens is 2. The van der Waals surface area contributed by atoms with Gasteiger partial charge in [-0.1, -0.05) is 4.49 Å². The zero-order chi connectivity index (χ0) is 9.90. The average molecular weight is 200 g/mol. The monoisotopic (exact) mass is 200 g/mol. The number of anilines is 1. The molecule has 0 aromatic carbocycles. The highest BCUT2D eigenvalue weighted by molar-refractivity contribution is 7.10. The van der Waals surface area contributed by atoms with Crippen LogP contribution in [0.1, 0.15) is 13.8 Å². The molecule has 1 heterocycles. The van der Waals surface area contributed by atoms with E-state index in [9.17, 15) is 4.79 Å². The van der Waals surface area contributed by atoms with Gasteiger partial charge >= 0.3 is 0 Å². The fourth-order valence-electron chi connectivity index (χ4n) is 0.596. The molecule has 1 aromatic rings. The van der Waals surface area contributed by atoms with E-state index in [1.807, 2.05) is 0 Å². The second-order valence-electron chi connectivity index (χ2n) is 3.32. The summed E-state index contributed by atoms with van der Waals surface area (Å²) in [7, 11) is 0. The molecule has 0 radical (unpaired) electrons. The van der Waals surface area contributed by atoms with Gasteiger partial charge in [-0.2, -0.15) is 0 Å². The molecule has 0 spiro atoms. The number of nitrogens with one attached hydrogen (secondary N) is 1. The van der Waals surface area contributed by atoms with Gasteiger partial charge in [-0.15, -0.1) is 5.10 Å². The predicted molar refractivity (Wildman–Crippen MR) is 51.4 cm³/mol. The van der Waals surface area contributed by atoms with Gasteiger partial charge < -0.3 is 11.1 Å². The molecular weight excluding hydrogens is 188 g/mol. The quantitative estimate of drug-likeness (QED) is 0.742. The topological polar surface area (TPSA) is 80.9 Å². The number of nitrogens with two attached hydrogens (primary N) is 1. The Morgan fingerprint density at radius 3 is 2.92 bits per heavy atom. The molecule has 1 rings (SSSR count). The van der Waals surface area contributed by atoms with Crippen molar-refractivity contribution < 1.29 is 4.79 Å². The number of hydrogen-bond acceptors (Lipinski definition) is 5. The molecule has 0 saturated heterocycles. The summed E-state index contributed by atoms with van der Waals surface area (Å²) < 4.78 is 3.63. The Bertz CT molecular complexity index is 283. The smallest absolute Gasteiger partial charge is 0.231 e. The van der Waals surface area contributed by atoms with E-state index in [0.29, 0.717) is 11.5 Å². The molecule has 13 heavy (non-hydrogen) atoms. The highest BCUT2D eigenvalue weighted by Gasteiger charge is 2.26. The molecule has 72 valence electrons. The second kappa shape index (κ2) is 3.80. The number of hydrogen-bond donors (Lipinski definition) is 2. The lowest BCUT2D eigenvalue weighted by molar-refractivity contribution is -0.123. The molecule has 0 saturated carbocycles. The fourth-order valence-corrected chi connectivity index (χ4v) is 1.01. The van der Waals surface area contributed by atoms with Crippen molar-refractivity contribution in [2.24, 2.45) is 11.1 Å². The summed E-state index contributed by atoms with van der Waals surface area (Å²) in [6.07, 6.45) is 1.51. The van der Waals surface area contributed by atoms with Crippen molar-refractivity contribution in [3.05, 3.63) is 6.20 Å². The van der Waals surface area contributed by atoms with Crippen molar-refractivity contribution in [1.82, 2.24) is 9.59 Å². The molecule has 0 atom stereocenters. The van der Waals surface area contributed by atoms with Crippen LogP contribution in [0.4, 0.5) is 5.00 Å². The maximum absolute atomic E-state index is 11.5. The third kappa shape index (κ3) is 2.46. The minimum absolute atomic E-state index is 0.110. The first-order chi connectivity index (χ1) is 6.06. The SMILES string of the molecule is CC(C)(CN)C(=O)Nc1cnns1. The van der Waals surface area contributed by atoms with Gasteiger partial charge in [0.2, 0.25) is 5.91 Å². The van der Waals surface area contributed by atoms with E-state index in [0.717, 1.165) is 11.5 Å². The van der Waals surface area contributed by atoms with Gasteiger partial charge in [-0.3, -0.25) is 4.79 Å². The molecule has 0 aliphatic carbocycles. The Balaban J connectivity index is 2.61. The van der Waals surface area contributed by atoms with E-state index in [4.69, 9.17) is 5.73 Å². The van der Waals surface area contributed by atoms with E-state index >= 15 is 0 Å². The zero-order valence-corrected chi connectivity index (χ0v) is 8.39. The molecule has 0 bridgehead atoms. The molecule has 0 aliphatic heterocycles. The number of carbonyl (C=O) groups is 1. The van der Waals surface area contributed by atoms with Crippen molar-refractivity contribution >= 4 is 22.4 Å². The lowest BCUT2D eigenvalue weighted by atomic mass is 9.93. The van der Waals surface area contributed by atoms with Gasteiger partial charge in [0.1, 0.15) is 5.00 Å². The Morgan fingerprint density at radius 1 is 1.77 bits per heavy atom. The lowest BCUT2D eigenvalue weighted by Crippen LogP contribution is -2.37. The summed E-state index contributed by atoms with van der Waals surface area (Å²) in [4.78, 5) is 11.5. The first-order valence-electron chi connectivity index (χ1n) is 3.85. The van der Waals surface area contributed by atoms with Gasteiger partial charge in [0.25, 0.3) is 0 Å². The van der Waals surface area contributed by atoms with Crippen molar-refractivity contribution in [3.8, 4) is 0 Å². The van der Waals surface area contributed by atoms with Crippen LogP contribution in [0.2, 0.25) is 0 Å². The Morgan fingerprint density at radius 2 is 2.46 bits per heavy atom. The zero-order valence-electron chi connectivity index (χ0n) is 7.57. The van der Waals surface area contributed by atoms with Crippen LogP contribution in [0, 0.1) is 5.41 Å². The van der Waals surface area contributed by atoms with Gasteiger partial charge in [0.05, 0.1) is 11.6 Å². The molecule has 0 unspecified atom stereocenters. The van der Waals surface area contributed by atoms with E-state index in [1.54, 1.807) is 13.8 Å². The summed E-state index contributed by atoms with van der Waals surface area (Å²) in [5, 5.41) is 6.94. The Kier molecular flexibility index (Phi) is 2.94. The number of carbonyl (C=O) groups excluding carboxylic acids is 1. The van der Waals surface area contributed by atoms with Crippen LogP contribution in [0.25, 0.3) is 0 Å². The molecule has 5 nitrogen and oxygen atoms in total. The number of rotatable bonds is 3. The molecule has 0 fully saturated rings. The van der Waals surface area contributed by atoms with Gasteiger partial charge in [-0.05, 0) is 13.8 Å². The lowest BCUT2D eigenvalue weighted by Gasteiger charge is -2.19. The van der Waals surface area contributed by atoms with Crippen molar-refractivity contribution in [1.29, 1.82) is 0 Å². The van der Waals surface area contributed by atoms with Gasteiger partial charge in [0.15, 0.2) is 0 Å². The maximum Gasteiger partial charge on any atom is 0.231 e. The Hall–Kier alpha value is -1.01. The third-order valence-corrected chi connectivity index (χ3v) is 2.30. The van der Waals surface area contributed by atoms with Crippen molar-refractivity contribution in [2.45, 2.75) is 13.8 Å². The Labute approximate surface area is 80.5 Å². The van der Waals surface area contributed by atoms with Crippen LogP contribution in [-0.2, 0) is 4.79 Å². The molecule has 1 amide bonds. The van der Waals surface area contributed by atoms with Gasteiger partial charge in [-0.25, -0.2) is 0 Å². The molecule has 3 N–H and O–H groups in total. The summed E-state index contributed by atoms with van der Waals surface area (Å²) in [5.74, 6) is -0.110. The van der Waals surface area contributed by atoms with E-state index < -0.39 is 5.41 Å². The standard InChI is InChI=1S/C7H12N4OS/c1-7(2,4-8)6(12)10-5-3-9-11-13-5/h3H,4,8H2,1-2H3,(H,10,12). The van der Waals surface area contributed by atoms with Crippen LogP contribution in [0.5, 0.6) is 0 Å². The van der Waals surface area contributed by atoms with Crippen molar-refractivity contribution in [3.63, 3.8) is 0 Å². The van der Waals surface area contributed by atoms with Crippen molar-refractivity contribution in [2.75, 3.05) is 11.9 Å². The maximum atomic E-state index is 11.5. The van der Waals surface area contributed by atoms with E-state index in [2.05, 4.69) is 14.9 Å². The summed E-state index contributed by atoms with van der Waals surface area (Å²) in [6, 6.07) is 0. The normalized spacial score (nSPS) is 11.3. The minimum Gasteiger partial charge on any atom is -0.329 e.